The molecule has 2 amide bonds. The van der Waals surface area contributed by atoms with Crippen molar-refractivity contribution in [3.05, 3.63) is 65.5 Å². The minimum atomic E-state index is -4.47. The van der Waals surface area contributed by atoms with Crippen molar-refractivity contribution in [1.29, 1.82) is 0 Å². The lowest BCUT2D eigenvalue weighted by Crippen LogP contribution is -2.53. The van der Waals surface area contributed by atoms with E-state index in [2.05, 4.69) is 10.3 Å². The first-order chi connectivity index (χ1) is 13.2. The Labute approximate surface area is 160 Å². The van der Waals surface area contributed by atoms with Gasteiger partial charge in [-0.3, -0.25) is 14.6 Å². The van der Waals surface area contributed by atoms with Crippen LogP contribution in [-0.2, 0) is 16.5 Å². The zero-order valence-electron chi connectivity index (χ0n) is 15.3. The summed E-state index contributed by atoms with van der Waals surface area (Å²) in [5.41, 5.74) is -0.859. The fraction of sp³-hybridized carbons (Fsp3) is 0.350. The van der Waals surface area contributed by atoms with E-state index in [0.717, 1.165) is 12.1 Å². The molecule has 0 saturated carbocycles. The highest BCUT2D eigenvalue weighted by atomic mass is 19.4. The molecule has 1 N–H and O–H groups in total. The van der Waals surface area contributed by atoms with Crippen molar-refractivity contribution in [3.63, 3.8) is 0 Å². The SMILES string of the molecule is CC(=O)NC1(c2cccc(C(F)(F)F)c2)CCN(C(=O)c2cccnc2)CC1. The third-order valence-corrected chi connectivity index (χ3v) is 4.97. The quantitative estimate of drug-likeness (QED) is 0.873. The molecule has 0 radical (unpaired) electrons. The van der Waals surface area contributed by atoms with Gasteiger partial charge in [0.2, 0.25) is 5.91 Å². The second-order valence-electron chi connectivity index (χ2n) is 6.88. The van der Waals surface area contributed by atoms with Crippen LogP contribution in [0.5, 0.6) is 0 Å². The number of likely N-dealkylation sites (tertiary alicyclic amines) is 1. The van der Waals surface area contributed by atoms with E-state index in [1.54, 1.807) is 29.3 Å². The molecule has 1 aliphatic heterocycles. The molecule has 3 rings (SSSR count). The fourth-order valence-corrected chi connectivity index (χ4v) is 3.58. The molecule has 0 aliphatic carbocycles. The van der Waals surface area contributed by atoms with E-state index in [1.165, 1.54) is 19.2 Å². The van der Waals surface area contributed by atoms with Crippen molar-refractivity contribution < 1.29 is 22.8 Å². The summed E-state index contributed by atoms with van der Waals surface area (Å²) in [7, 11) is 0. The fourth-order valence-electron chi connectivity index (χ4n) is 3.58. The van der Waals surface area contributed by atoms with Gasteiger partial charge in [0.1, 0.15) is 0 Å². The molecule has 2 heterocycles. The monoisotopic (exact) mass is 391 g/mol. The van der Waals surface area contributed by atoms with Crippen LogP contribution in [-0.4, -0.2) is 34.8 Å². The molecule has 28 heavy (non-hydrogen) atoms. The zero-order chi connectivity index (χ0) is 20.4. The predicted octanol–water partition coefficient (Wildman–Crippen LogP) is 3.37. The highest BCUT2D eigenvalue weighted by Crippen LogP contribution is 2.37. The van der Waals surface area contributed by atoms with Crippen LogP contribution in [0.15, 0.2) is 48.8 Å². The number of carbonyl (C=O) groups is 2. The first-order valence-electron chi connectivity index (χ1n) is 8.87. The smallest absolute Gasteiger partial charge is 0.347 e. The van der Waals surface area contributed by atoms with Crippen LogP contribution >= 0.6 is 0 Å². The number of halogens is 3. The number of benzene rings is 1. The Bertz CT molecular complexity index is 860. The van der Waals surface area contributed by atoms with Crippen molar-refractivity contribution in [1.82, 2.24) is 15.2 Å². The third-order valence-electron chi connectivity index (χ3n) is 4.97. The number of alkyl halides is 3. The molecular formula is C20H20F3N3O2. The number of piperidine rings is 1. The van der Waals surface area contributed by atoms with E-state index < -0.39 is 17.3 Å². The van der Waals surface area contributed by atoms with Crippen LogP contribution in [0.4, 0.5) is 13.2 Å². The average molecular weight is 391 g/mol. The van der Waals surface area contributed by atoms with E-state index in [0.29, 0.717) is 37.1 Å². The molecule has 0 spiro atoms. The summed E-state index contributed by atoms with van der Waals surface area (Å²) in [6.45, 7) is 1.96. The van der Waals surface area contributed by atoms with Gasteiger partial charge >= 0.3 is 6.18 Å². The Balaban J connectivity index is 1.85. The van der Waals surface area contributed by atoms with Gasteiger partial charge in [-0.1, -0.05) is 12.1 Å². The van der Waals surface area contributed by atoms with Gasteiger partial charge in [-0.15, -0.1) is 0 Å². The van der Waals surface area contributed by atoms with Crippen molar-refractivity contribution in [2.75, 3.05) is 13.1 Å². The molecule has 1 saturated heterocycles. The lowest BCUT2D eigenvalue weighted by atomic mass is 9.80. The highest BCUT2D eigenvalue weighted by molar-refractivity contribution is 5.94. The Kier molecular flexibility index (Phi) is 5.40. The number of nitrogens with one attached hydrogen (secondary N) is 1. The molecule has 5 nitrogen and oxygen atoms in total. The van der Waals surface area contributed by atoms with Gasteiger partial charge in [-0.25, -0.2) is 0 Å². The second-order valence-corrected chi connectivity index (χ2v) is 6.88. The lowest BCUT2D eigenvalue weighted by molar-refractivity contribution is -0.137. The van der Waals surface area contributed by atoms with Gasteiger partial charge in [0, 0.05) is 32.4 Å². The highest BCUT2D eigenvalue weighted by Gasteiger charge is 2.40. The number of amides is 2. The molecule has 2 aromatic rings. The number of hydrogen-bond donors (Lipinski definition) is 1. The molecule has 1 aromatic carbocycles. The van der Waals surface area contributed by atoms with E-state index in [-0.39, 0.29) is 11.8 Å². The van der Waals surface area contributed by atoms with Gasteiger partial charge in [0.15, 0.2) is 0 Å². The summed E-state index contributed by atoms with van der Waals surface area (Å²) in [4.78, 5) is 30.0. The number of aromatic nitrogens is 1. The molecule has 0 bridgehead atoms. The first-order valence-corrected chi connectivity index (χ1v) is 8.87. The van der Waals surface area contributed by atoms with Crippen molar-refractivity contribution in [2.24, 2.45) is 0 Å². The minimum absolute atomic E-state index is 0.187. The summed E-state index contributed by atoms with van der Waals surface area (Å²) < 4.78 is 39.4. The maximum Gasteiger partial charge on any atom is 0.416 e. The molecule has 1 aromatic heterocycles. The average Bonchev–Trinajstić information content (AvgIpc) is 2.68. The van der Waals surface area contributed by atoms with E-state index in [1.807, 2.05) is 0 Å². The Morgan fingerprint density at radius 2 is 1.86 bits per heavy atom. The Hall–Kier alpha value is -2.90. The number of hydrogen-bond acceptors (Lipinski definition) is 3. The van der Waals surface area contributed by atoms with Gasteiger partial charge < -0.3 is 10.2 Å². The minimum Gasteiger partial charge on any atom is -0.347 e. The number of rotatable bonds is 3. The normalized spacial score (nSPS) is 16.5. The molecule has 1 aliphatic rings. The topological polar surface area (TPSA) is 62.3 Å². The Morgan fingerprint density at radius 3 is 2.43 bits per heavy atom. The van der Waals surface area contributed by atoms with Gasteiger partial charge in [-0.2, -0.15) is 13.2 Å². The van der Waals surface area contributed by atoms with Crippen molar-refractivity contribution >= 4 is 11.8 Å². The maximum atomic E-state index is 13.1. The van der Waals surface area contributed by atoms with Crippen LogP contribution in [0.25, 0.3) is 0 Å². The molecule has 148 valence electrons. The van der Waals surface area contributed by atoms with Crippen LogP contribution in [0.1, 0.15) is 41.3 Å². The van der Waals surface area contributed by atoms with Gasteiger partial charge in [0.05, 0.1) is 16.7 Å². The first kappa shape index (κ1) is 19.9. The summed E-state index contributed by atoms with van der Waals surface area (Å²) in [5, 5.41) is 2.83. The van der Waals surface area contributed by atoms with Crippen LogP contribution in [0.3, 0.4) is 0 Å². The summed E-state index contributed by atoms with van der Waals surface area (Å²) >= 11 is 0. The number of carbonyl (C=O) groups excluding carboxylic acids is 2. The van der Waals surface area contributed by atoms with Gasteiger partial charge in [-0.05, 0) is 42.7 Å². The summed E-state index contributed by atoms with van der Waals surface area (Å²) in [6.07, 6.45) is -0.780. The second kappa shape index (κ2) is 7.61. The van der Waals surface area contributed by atoms with Gasteiger partial charge in [0.25, 0.3) is 5.91 Å². The number of pyridine rings is 1. The summed E-state index contributed by atoms with van der Waals surface area (Å²) in [6, 6.07) is 8.35. The lowest BCUT2D eigenvalue weighted by Gasteiger charge is -2.43. The van der Waals surface area contributed by atoms with E-state index >= 15 is 0 Å². The molecule has 8 heteroatoms. The third kappa shape index (κ3) is 4.16. The predicted molar refractivity (Wildman–Crippen MR) is 96.3 cm³/mol. The standard InChI is InChI=1S/C20H20F3N3O2/c1-14(27)25-19(16-5-2-6-17(12-16)20(21,22)23)7-10-26(11-8-19)18(28)15-4-3-9-24-13-15/h2-6,9,12-13H,7-8,10-11H2,1H3,(H,25,27). The maximum absolute atomic E-state index is 13.1. The molecular weight excluding hydrogens is 371 g/mol. The molecule has 1 fully saturated rings. The van der Waals surface area contributed by atoms with E-state index in [4.69, 9.17) is 0 Å². The van der Waals surface area contributed by atoms with Crippen LogP contribution < -0.4 is 5.32 Å². The Morgan fingerprint density at radius 1 is 1.14 bits per heavy atom. The van der Waals surface area contributed by atoms with Crippen molar-refractivity contribution in [2.45, 2.75) is 31.5 Å². The molecule has 0 atom stereocenters. The number of nitrogens with zero attached hydrogens (tertiary/aromatic N) is 2. The van der Waals surface area contributed by atoms with E-state index in [9.17, 15) is 22.8 Å². The zero-order valence-corrected chi connectivity index (χ0v) is 15.3. The largest absolute Gasteiger partial charge is 0.416 e. The summed E-state index contributed by atoms with van der Waals surface area (Å²) in [5.74, 6) is -0.516. The van der Waals surface area contributed by atoms with Crippen molar-refractivity contribution in [3.8, 4) is 0 Å². The van der Waals surface area contributed by atoms with Crippen LogP contribution in [0.2, 0.25) is 0 Å². The van der Waals surface area contributed by atoms with Crippen LogP contribution in [0, 0.1) is 0 Å². The molecule has 0 unspecified atom stereocenters.